The highest BCUT2D eigenvalue weighted by Gasteiger charge is 2.30. The van der Waals surface area contributed by atoms with E-state index in [0.717, 1.165) is 17.5 Å². The van der Waals surface area contributed by atoms with Gasteiger partial charge in [0.25, 0.3) is 0 Å². The van der Waals surface area contributed by atoms with Crippen molar-refractivity contribution in [2.45, 2.75) is 38.1 Å². The smallest absolute Gasteiger partial charge is 0.243 e. The maximum atomic E-state index is 14.6. The highest BCUT2D eigenvalue weighted by molar-refractivity contribution is 7.99. The summed E-state index contributed by atoms with van der Waals surface area (Å²) in [5, 5.41) is 3.59. The van der Waals surface area contributed by atoms with Gasteiger partial charge in [-0.1, -0.05) is 79.2 Å². The molecule has 3 aromatic rings. The predicted octanol–water partition coefficient (Wildman–Crippen LogP) is 5.88. The van der Waals surface area contributed by atoms with Crippen molar-refractivity contribution < 1.29 is 14.0 Å². The third-order valence-electron chi connectivity index (χ3n) is 5.53. The summed E-state index contributed by atoms with van der Waals surface area (Å²) in [6.45, 7) is 2.50. The van der Waals surface area contributed by atoms with Crippen molar-refractivity contribution >= 4 is 35.2 Å². The zero-order valence-electron chi connectivity index (χ0n) is 19.8. The first kappa shape index (κ1) is 26.8. The van der Waals surface area contributed by atoms with Gasteiger partial charge in [0.1, 0.15) is 11.9 Å². The molecule has 0 unspecified atom stereocenters. The predicted molar refractivity (Wildman–Crippen MR) is 142 cm³/mol. The molecule has 0 radical (unpaired) electrons. The zero-order valence-corrected chi connectivity index (χ0v) is 21.3. The van der Waals surface area contributed by atoms with Crippen LogP contribution in [0.2, 0.25) is 5.02 Å². The lowest BCUT2D eigenvalue weighted by atomic mass is 10.0. The molecular weight excluding hydrogens is 483 g/mol. The third-order valence-corrected chi connectivity index (χ3v) is 6.77. The first-order valence-corrected chi connectivity index (χ1v) is 13.2. The molecule has 7 heteroatoms. The van der Waals surface area contributed by atoms with Crippen LogP contribution in [0.15, 0.2) is 78.9 Å². The molecule has 0 aliphatic heterocycles. The number of rotatable bonds is 12. The van der Waals surface area contributed by atoms with E-state index in [-0.39, 0.29) is 24.1 Å². The molecule has 0 bridgehead atoms. The second-order valence-corrected chi connectivity index (χ2v) is 9.65. The van der Waals surface area contributed by atoms with Crippen LogP contribution in [0.25, 0.3) is 0 Å². The quantitative estimate of drug-likeness (QED) is 0.330. The Morgan fingerprint density at radius 2 is 1.66 bits per heavy atom. The Morgan fingerprint density at radius 1 is 0.971 bits per heavy atom. The molecule has 0 heterocycles. The minimum atomic E-state index is -0.757. The van der Waals surface area contributed by atoms with E-state index in [1.54, 1.807) is 18.2 Å². The average Bonchev–Trinajstić information content (AvgIpc) is 2.87. The summed E-state index contributed by atoms with van der Waals surface area (Å²) in [6, 6.07) is 22.7. The number of nitrogens with zero attached hydrogens (tertiary/aromatic N) is 1. The van der Waals surface area contributed by atoms with Crippen LogP contribution in [0, 0.1) is 5.82 Å². The molecule has 0 saturated heterocycles. The summed E-state index contributed by atoms with van der Waals surface area (Å²) in [7, 11) is 0. The summed E-state index contributed by atoms with van der Waals surface area (Å²) in [5.41, 5.74) is 2.36. The van der Waals surface area contributed by atoms with Gasteiger partial charge in [0, 0.05) is 35.8 Å². The van der Waals surface area contributed by atoms with Crippen molar-refractivity contribution in [1.29, 1.82) is 0 Å². The molecule has 0 saturated carbocycles. The number of amides is 2. The van der Waals surface area contributed by atoms with Gasteiger partial charge in [-0.2, -0.15) is 0 Å². The fourth-order valence-corrected chi connectivity index (χ4v) is 4.65. The molecule has 0 fully saturated rings. The monoisotopic (exact) mass is 512 g/mol. The number of hydrogen-bond acceptors (Lipinski definition) is 3. The SMILES string of the molecule is CCCNC(=O)[C@H](Cc1ccccc1)N(Cc1ccccc1F)C(=O)CSCc1ccc(Cl)cc1. The van der Waals surface area contributed by atoms with Crippen molar-refractivity contribution in [2.24, 2.45) is 0 Å². The molecule has 1 atom stereocenters. The standard InChI is InChI=1S/C28H30ClFN2O2S/c1-2-16-31-28(34)26(17-21-8-4-3-5-9-21)32(18-23-10-6-7-11-25(23)30)27(33)20-35-19-22-12-14-24(29)15-13-22/h3-15,26H,2,16-20H2,1H3,(H,31,34)/t26-/m0/s1. The fourth-order valence-electron chi connectivity index (χ4n) is 3.65. The summed E-state index contributed by atoms with van der Waals surface area (Å²) in [4.78, 5) is 28.3. The molecule has 3 aromatic carbocycles. The van der Waals surface area contributed by atoms with E-state index in [0.29, 0.717) is 29.3 Å². The van der Waals surface area contributed by atoms with E-state index in [9.17, 15) is 14.0 Å². The van der Waals surface area contributed by atoms with Crippen LogP contribution in [-0.2, 0) is 28.3 Å². The Labute approximate surface area is 215 Å². The van der Waals surface area contributed by atoms with Gasteiger partial charge in [-0.25, -0.2) is 4.39 Å². The van der Waals surface area contributed by atoms with Crippen LogP contribution >= 0.6 is 23.4 Å². The molecule has 3 rings (SSSR count). The number of halogens is 2. The summed E-state index contributed by atoms with van der Waals surface area (Å²) in [5.74, 6) is -0.0416. The maximum absolute atomic E-state index is 14.6. The van der Waals surface area contributed by atoms with Crippen molar-refractivity contribution in [1.82, 2.24) is 10.2 Å². The highest BCUT2D eigenvalue weighted by atomic mass is 35.5. The van der Waals surface area contributed by atoms with Crippen LogP contribution in [0.5, 0.6) is 0 Å². The van der Waals surface area contributed by atoms with Crippen molar-refractivity contribution in [3.8, 4) is 0 Å². The summed E-state index contributed by atoms with van der Waals surface area (Å²) < 4.78 is 14.6. The Hall–Kier alpha value is -2.83. The second kappa shape index (κ2) is 13.9. The van der Waals surface area contributed by atoms with Crippen molar-refractivity contribution in [3.63, 3.8) is 0 Å². The van der Waals surface area contributed by atoms with Crippen LogP contribution in [0.1, 0.15) is 30.0 Å². The van der Waals surface area contributed by atoms with Crippen molar-refractivity contribution in [3.05, 3.63) is 106 Å². The lowest BCUT2D eigenvalue weighted by Gasteiger charge is -2.31. The van der Waals surface area contributed by atoms with Gasteiger partial charge in [0.05, 0.1) is 5.75 Å². The largest absolute Gasteiger partial charge is 0.354 e. The van der Waals surface area contributed by atoms with Gasteiger partial charge in [-0.3, -0.25) is 9.59 Å². The number of thioether (sulfide) groups is 1. The molecule has 184 valence electrons. The van der Waals surface area contributed by atoms with Crippen molar-refractivity contribution in [2.75, 3.05) is 12.3 Å². The number of carbonyl (C=O) groups excluding carboxylic acids is 2. The van der Waals surface area contributed by atoms with Gasteiger partial charge in [-0.05, 0) is 35.7 Å². The molecule has 0 aliphatic rings. The number of nitrogens with one attached hydrogen (secondary N) is 1. The number of hydrogen-bond donors (Lipinski definition) is 1. The minimum Gasteiger partial charge on any atom is -0.354 e. The highest BCUT2D eigenvalue weighted by Crippen LogP contribution is 2.20. The molecule has 1 N–H and O–H groups in total. The lowest BCUT2D eigenvalue weighted by Crippen LogP contribution is -2.51. The van der Waals surface area contributed by atoms with E-state index in [1.807, 2.05) is 61.5 Å². The van der Waals surface area contributed by atoms with Crippen LogP contribution < -0.4 is 5.32 Å². The van der Waals surface area contributed by atoms with Gasteiger partial charge in [-0.15, -0.1) is 11.8 Å². The molecule has 0 spiro atoms. The number of benzene rings is 3. The average molecular weight is 513 g/mol. The second-order valence-electron chi connectivity index (χ2n) is 8.23. The molecule has 35 heavy (non-hydrogen) atoms. The van der Waals surface area contributed by atoms with Gasteiger partial charge in [0.15, 0.2) is 0 Å². The molecule has 0 aliphatic carbocycles. The fraction of sp³-hybridized carbons (Fsp3) is 0.286. The lowest BCUT2D eigenvalue weighted by molar-refractivity contribution is -0.139. The molecular formula is C28H30ClFN2O2S. The Kier molecular flexibility index (Phi) is 10.6. The minimum absolute atomic E-state index is 0.0179. The van der Waals surface area contributed by atoms with Gasteiger partial charge < -0.3 is 10.2 Å². The van der Waals surface area contributed by atoms with Crippen LogP contribution in [-0.4, -0.2) is 35.1 Å². The van der Waals surface area contributed by atoms with E-state index in [4.69, 9.17) is 11.6 Å². The van der Waals surface area contributed by atoms with E-state index in [2.05, 4.69) is 5.32 Å². The molecule has 4 nitrogen and oxygen atoms in total. The van der Waals surface area contributed by atoms with Crippen LogP contribution in [0.3, 0.4) is 0 Å². The third kappa shape index (κ3) is 8.41. The Balaban J connectivity index is 1.83. The summed E-state index contributed by atoms with van der Waals surface area (Å²) >= 11 is 7.42. The molecule has 2 amide bonds. The summed E-state index contributed by atoms with van der Waals surface area (Å²) in [6.07, 6.45) is 1.13. The normalized spacial score (nSPS) is 11.6. The van der Waals surface area contributed by atoms with E-state index < -0.39 is 11.9 Å². The van der Waals surface area contributed by atoms with E-state index in [1.165, 1.54) is 22.7 Å². The van der Waals surface area contributed by atoms with E-state index >= 15 is 0 Å². The van der Waals surface area contributed by atoms with Crippen LogP contribution in [0.4, 0.5) is 4.39 Å². The Morgan fingerprint density at radius 3 is 2.34 bits per heavy atom. The Bertz CT molecular complexity index is 1100. The van der Waals surface area contributed by atoms with Gasteiger partial charge >= 0.3 is 0 Å². The van der Waals surface area contributed by atoms with Gasteiger partial charge in [0.2, 0.25) is 11.8 Å². The first-order valence-electron chi connectivity index (χ1n) is 11.6. The maximum Gasteiger partial charge on any atom is 0.243 e. The topological polar surface area (TPSA) is 49.4 Å². The zero-order chi connectivity index (χ0) is 25.0. The number of carbonyl (C=O) groups is 2. The molecule has 0 aromatic heterocycles. The first-order chi connectivity index (χ1) is 17.0.